The van der Waals surface area contributed by atoms with Gasteiger partial charge in [0.2, 0.25) is 5.91 Å². The Kier molecular flexibility index (Phi) is 6.12. The Balaban J connectivity index is 3.04. The zero-order valence-corrected chi connectivity index (χ0v) is 12.6. The predicted octanol–water partition coefficient (Wildman–Crippen LogP) is 2.10. The molecule has 4 nitrogen and oxygen atoms in total. The molecule has 1 rings (SSSR count). The summed E-state index contributed by atoms with van der Waals surface area (Å²) >= 11 is 6.05. The highest BCUT2D eigenvalue weighted by Crippen LogP contribution is 2.25. The van der Waals surface area contributed by atoms with Gasteiger partial charge in [0.05, 0.1) is 6.54 Å². The first-order chi connectivity index (χ1) is 8.99. The third-order valence-corrected chi connectivity index (χ3v) is 3.16. The third-order valence-electron chi connectivity index (χ3n) is 2.93. The van der Waals surface area contributed by atoms with Crippen molar-refractivity contribution in [1.29, 1.82) is 0 Å². The summed E-state index contributed by atoms with van der Waals surface area (Å²) in [7, 11) is 3.52. The summed E-state index contributed by atoms with van der Waals surface area (Å²) in [5.74, 6) is 0.0661. The lowest BCUT2D eigenvalue weighted by Gasteiger charge is -2.27. The molecule has 1 aromatic carbocycles. The third kappa shape index (κ3) is 4.40. The van der Waals surface area contributed by atoms with Gasteiger partial charge in [-0.25, -0.2) is 0 Å². The highest BCUT2D eigenvalue weighted by Gasteiger charge is 2.15. The second-order valence-electron chi connectivity index (χ2n) is 4.69. The molecule has 19 heavy (non-hydrogen) atoms. The maximum absolute atomic E-state index is 11.9. The van der Waals surface area contributed by atoms with Gasteiger partial charge in [0.1, 0.15) is 0 Å². The quantitative estimate of drug-likeness (QED) is 0.870. The molecule has 106 valence electrons. The number of amides is 1. The molecule has 0 spiro atoms. The van der Waals surface area contributed by atoms with Gasteiger partial charge in [0.25, 0.3) is 0 Å². The first kappa shape index (κ1) is 15.8. The van der Waals surface area contributed by atoms with Crippen molar-refractivity contribution in [3.05, 3.63) is 28.8 Å². The van der Waals surface area contributed by atoms with Gasteiger partial charge < -0.3 is 15.5 Å². The molecular weight excluding hydrogens is 262 g/mol. The number of nitrogens with zero attached hydrogens (tertiary/aromatic N) is 2. The van der Waals surface area contributed by atoms with Crippen molar-refractivity contribution < 1.29 is 4.79 Å². The zero-order chi connectivity index (χ0) is 14.4. The zero-order valence-electron chi connectivity index (χ0n) is 11.8. The number of anilines is 1. The standard InChI is InChI=1S/C14H22ClN3O/c1-4-7-18(10-14(19)17(2)3)13-8-12(15)6-5-11(13)9-16/h5-6,8H,4,7,9-10,16H2,1-3H3. The molecule has 1 amide bonds. The fraction of sp³-hybridized carbons (Fsp3) is 0.500. The van der Waals surface area contributed by atoms with E-state index in [2.05, 4.69) is 6.92 Å². The van der Waals surface area contributed by atoms with Gasteiger partial charge >= 0.3 is 0 Å². The Bertz CT molecular complexity index is 435. The Morgan fingerprint density at radius 2 is 2.05 bits per heavy atom. The fourth-order valence-corrected chi connectivity index (χ4v) is 2.03. The molecule has 0 saturated heterocycles. The number of rotatable bonds is 6. The summed E-state index contributed by atoms with van der Waals surface area (Å²) in [6, 6.07) is 5.62. The van der Waals surface area contributed by atoms with Crippen LogP contribution in [0, 0.1) is 0 Å². The molecule has 0 heterocycles. The molecule has 0 saturated carbocycles. The van der Waals surface area contributed by atoms with Crippen LogP contribution in [0.25, 0.3) is 0 Å². The fourth-order valence-electron chi connectivity index (χ4n) is 1.86. The number of carbonyl (C=O) groups excluding carboxylic acids is 1. The lowest BCUT2D eigenvalue weighted by Crippen LogP contribution is -2.37. The van der Waals surface area contributed by atoms with Gasteiger partial charge in [-0.05, 0) is 24.1 Å². The monoisotopic (exact) mass is 283 g/mol. The molecule has 0 bridgehead atoms. The Morgan fingerprint density at radius 3 is 2.58 bits per heavy atom. The SMILES string of the molecule is CCCN(CC(=O)N(C)C)c1cc(Cl)ccc1CN. The number of halogens is 1. The van der Waals surface area contributed by atoms with Crippen LogP contribution in [0.5, 0.6) is 0 Å². The Labute approximate surface area is 120 Å². The molecule has 0 aromatic heterocycles. The highest BCUT2D eigenvalue weighted by atomic mass is 35.5. The van der Waals surface area contributed by atoms with Crippen LogP contribution in [0.3, 0.4) is 0 Å². The molecule has 0 aliphatic carbocycles. The van der Waals surface area contributed by atoms with Crippen LogP contribution in [0.4, 0.5) is 5.69 Å². The van der Waals surface area contributed by atoms with Crippen molar-refractivity contribution in [2.45, 2.75) is 19.9 Å². The molecule has 0 unspecified atom stereocenters. The molecular formula is C14H22ClN3O. The van der Waals surface area contributed by atoms with Crippen LogP contribution in [-0.4, -0.2) is 38.0 Å². The van der Waals surface area contributed by atoms with Crippen LogP contribution in [-0.2, 0) is 11.3 Å². The van der Waals surface area contributed by atoms with Crippen molar-refractivity contribution in [1.82, 2.24) is 4.90 Å². The topological polar surface area (TPSA) is 49.6 Å². The number of likely N-dealkylation sites (N-methyl/N-ethyl adjacent to an activating group) is 1. The van der Waals surface area contributed by atoms with E-state index in [0.29, 0.717) is 18.1 Å². The molecule has 0 radical (unpaired) electrons. The van der Waals surface area contributed by atoms with Crippen molar-refractivity contribution in [2.75, 3.05) is 32.1 Å². The van der Waals surface area contributed by atoms with Crippen LogP contribution < -0.4 is 10.6 Å². The number of carbonyl (C=O) groups is 1. The van der Waals surface area contributed by atoms with Crippen molar-refractivity contribution in [3.63, 3.8) is 0 Å². The average molecular weight is 284 g/mol. The molecule has 0 aliphatic heterocycles. The molecule has 0 aliphatic rings. The summed E-state index contributed by atoms with van der Waals surface area (Å²) < 4.78 is 0. The molecule has 0 fully saturated rings. The van der Waals surface area contributed by atoms with E-state index in [1.54, 1.807) is 19.0 Å². The average Bonchev–Trinajstić information content (AvgIpc) is 2.37. The van der Waals surface area contributed by atoms with Gasteiger partial charge in [-0.2, -0.15) is 0 Å². The van der Waals surface area contributed by atoms with Crippen LogP contribution >= 0.6 is 11.6 Å². The van der Waals surface area contributed by atoms with Crippen LogP contribution in [0.2, 0.25) is 5.02 Å². The lowest BCUT2D eigenvalue weighted by atomic mass is 10.1. The minimum absolute atomic E-state index is 0.0661. The van der Waals surface area contributed by atoms with E-state index in [4.69, 9.17) is 17.3 Å². The first-order valence-electron chi connectivity index (χ1n) is 6.43. The van der Waals surface area contributed by atoms with E-state index >= 15 is 0 Å². The van der Waals surface area contributed by atoms with Gasteiger partial charge in [-0.3, -0.25) is 4.79 Å². The van der Waals surface area contributed by atoms with E-state index < -0.39 is 0 Å². The van der Waals surface area contributed by atoms with Gasteiger partial charge in [0, 0.05) is 37.9 Å². The minimum atomic E-state index is 0.0661. The Hall–Kier alpha value is -1.26. The second-order valence-corrected chi connectivity index (χ2v) is 5.12. The van der Waals surface area contributed by atoms with Crippen molar-refractivity contribution >= 4 is 23.2 Å². The maximum atomic E-state index is 11.9. The van der Waals surface area contributed by atoms with Gasteiger partial charge in [-0.1, -0.05) is 24.6 Å². The van der Waals surface area contributed by atoms with E-state index in [9.17, 15) is 4.79 Å². The second kappa shape index (κ2) is 7.36. The lowest BCUT2D eigenvalue weighted by molar-refractivity contribution is -0.127. The smallest absolute Gasteiger partial charge is 0.241 e. The maximum Gasteiger partial charge on any atom is 0.241 e. The van der Waals surface area contributed by atoms with E-state index in [1.807, 2.05) is 23.1 Å². The normalized spacial score (nSPS) is 10.4. The number of hydrogen-bond donors (Lipinski definition) is 1. The van der Waals surface area contributed by atoms with Crippen LogP contribution in [0.15, 0.2) is 18.2 Å². The Morgan fingerprint density at radius 1 is 1.37 bits per heavy atom. The summed E-state index contributed by atoms with van der Waals surface area (Å²) in [6.07, 6.45) is 0.956. The summed E-state index contributed by atoms with van der Waals surface area (Å²) in [6.45, 7) is 3.66. The number of benzene rings is 1. The van der Waals surface area contributed by atoms with Gasteiger partial charge in [0.15, 0.2) is 0 Å². The van der Waals surface area contributed by atoms with Gasteiger partial charge in [-0.15, -0.1) is 0 Å². The summed E-state index contributed by atoms with van der Waals surface area (Å²) in [4.78, 5) is 15.5. The molecule has 0 atom stereocenters. The van der Waals surface area contributed by atoms with E-state index in [0.717, 1.165) is 24.2 Å². The largest absolute Gasteiger partial charge is 0.362 e. The molecule has 5 heteroatoms. The van der Waals surface area contributed by atoms with Crippen molar-refractivity contribution in [2.24, 2.45) is 5.73 Å². The first-order valence-corrected chi connectivity index (χ1v) is 6.81. The highest BCUT2D eigenvalue weighted by molar-refractivity contribution is 6.30. The minimum Gasteiger partial charge on any atom is -0.362 e. The van der Waals surface area contributed by atoms with E-state index in [-0.39, 0.29) is 5.91 Å². The van der Waals surface area contributed by atoms with E-state index in [1.165, 1.54) is 0 Å². The molecule has 2 N–H and O–H groups in total. The van der Waals surface area contributed by atoms with Crippen LogP contribution in [0.1, 0.15) is 18.9 Å². The van der Waals surface area contributed by atoms with Crippen molar-refractivity contribution in [3.8, 4) is 0 Å². The predicted molar refractivity (Wildman–Crippen MR) is 80.5 cm³/mol. The molecule has 1 aromatic rings. The number of nitrogens with two attached hydrogens (primary N) is 1. The number of hydrogen-bond acceptors (Lipinski definition) is 3. The summed E-state index contributed by atoms with van der Waals surface area (Å²) in [5, 5.41) is 0.658. The summed E-state index contributed by atoms with van der Waals surface area (Å²) in [5.41, 5.74) is 7.72.